The number of phosphoric acid groups is 1. The first kappa shape index (κ1) is 59.4. The van der Waals surface area contributed by atoms with Gasteiger partial charge in [-0.1, -0.05) is 182 Å². The maximum atomic E-state index is 12.7. The third-order valence-electron chi connectivity index (χ3n) is 9.75. The average Bonchev–Trinajstić information content (AvgIpc) is 3.26. The fraction of sp³-hybridized carbons (Fsp3) is 0.673. The van der Waals surface area contributed by atoms with Gasteiger partial charge >= 0.3 is 13.8 Å². The molecule has 0 aliphatic carbocycles. The van der Waals surface area contributed by atoms with Crippen molar-refractivity contribution >= 4 is 13.8 Å². The van der Waals surface area contributed by atoms with Crippen molar-refractivity contribution in [1.82, 2.24) is 0 Å². The number of ether oxygens (including phenoxy) is 2. The summed E-state index contributed by atoms with van der Waals surface area (Å²) >= 11 is 0. The number of hydrogen-bond acceptors (Lipinski definition) is 8. The summed E-state index contributed by atoms with van der Waals surface area (Å²) in [5.41, 5.74) is 0. The summed E-state index contributed by atoms with van der Waals surface area (Å²) in [5, 5.41) is 18.4. The molecule has 0 radical (unpaired) electrons. The number of carbonyl (C=O) groups excluding carboxylic acids is 1. The van der Waals surface area contributed by atoms with E-state index in [0.29, 0.717) is 13.0 Å². The molecule has 0 bridgehead atoms. The van der Waals surface area contributed by atoms with Gasteiger partial charge in [0.1, 0.15) is 12.2 Å². The number of esters is 1. The first-order chi connectivity index (χ1) is 30.3. The molecule has 0 aliphatic rings. The Kier molecular flexibility index (Phi) is 45.8. The van der Waals surface area contributed by atoms with Crippen molar-refractivity contribution in [2.45, 2.75) is 193 Å². The molecular formula is C52H89O9P. The number of allylic oxidation sites excluding steroid dienone is 16. The molecule has 0 aliphatic heterocycles. The second-order valence-corrected chi connectivity index (χ2v) is 17.2. The van der Waals surface area contributed by atoms with Crippen LogP contribution >= 0.6 is 7.82 Å². The smallest absolute Gasteiger partial charge is 0.457 e. The number of rotatable bonds is 45. The molecule has 0 aromatic heterocycles. The fourth-order valence-electron chi connectivity index (χ4n) is 6.11. The Hall–Kier alpha value is -2.62. The number of phosphoric ester groups is 1. The number of aliphatic hydroxyl groups is 2. The fourth-order valence-corrected chi connectivity index (χ4v) is 6.90. The van der Waals surface area contributed by atoms with Gasteiger partial charge in [-0.2, -0.15) is 0 Å². The zero-order chi connectivity index (χ0) is 45.3. The first-order valence-corrected chi connectivity index (χ1v) is 25.7. The molecule has 10 heteroatoms. The van der Waals surface area contributed by atoms with E-state index in [9.17, 15) is 19.4 Å². The summed E-state index contributed by atoms with van der Waals surface area (Å²) in [4.78, 5) is 22.7. The molecule has 356 valence electrons. The Morgan fingerprint density at radius 2 is 0.919 bits per heavy atom. The lowest BCUT2D eigenvalue weighted by atomic mass is 10.1. The van der Waals surface area contributed by atoms with Gasteiger partial charge in [0.2, 0.25) is 0 Å². The van der Waals surface area contributed by atoms with Crippen molar-refractivity contribution in [3.05, 3.63) is 97.2 Å². The lowest BCUT2D eigenvalue weighted by Crippen LogP contribution is -2.29. The van der Waals surface area contributed by atoms with Crippen LogP contribution in [-0.2, 0) is 27.9 Å². The molecule has 0 aromatic rings. The molecule has 0 saturated carbocycles. The summed E-state index contributed by atoms with van der Waals surface area (Å²) in [6.45, 7) is 3.22. The Morgan fingerprint density at radius 1 is 0.516 bits per heavy atom. The third-order valence-corrected chi connectivity index (χ3v) is 10.7. The molecule has 0 saturated heterocycles. The highest BCUT2D eigenvalue weighted by Gasteiger charge is 2.26. The minimum absolute atomic E-state index is 0.00168. The number of carbonyl (C=O) groups is 1. The van der Waals surface area contributed by atoms with Crippen molar-refractivity contribution in [3.63, 3.8) is 0 Å². The second-order valence-electron chi connectivity index (χ2n) is 15.7. The van der Waals surface area contributed by atoms with Gasteiger partial charge in [0.15, 0.2) is 0 Å². The van der Waals surface area contributed by atoms with E-state index in [1.54, 1.807) is 0 Å². The lowest BCUT2D eigenvalue weighted by Gasteiger charge is -2.20. The van der Waals surface area contributed by atoms with Gasteiger partial charge in [0, 0.05) is 13.0 Å². The van der Waals surface area contributed by atoms with Gasteiger partial charge in [-0.3, -0.25) is 13.8 Å². The van der Waals surface area contributed by atoms with E-state index in [2.05, 4.69) is 111 Å². The minimum Gasteiger partial charge on any atom is -0.457 e. The number of aliphatic hydroxyl groups excluding tert-OH is 2. The second kappa shape index (κ2) is 47.8. The maximum Gasteiger partial charge on any atom is 0.472 e. The van der Waals surface area contributed by atoms with E-state index in [1.165, 1.54) is 70.6 Å². The molecule has 0 rings (SSSR count). The molecule has 0 spiro atoms. The molecule has 0 fully saturated rings. The number of unbranched alkanes of at least 4 members (excludes halogenated alkanes) is 15. The molecule has 9 nitrogen and oxygen atoms in total. The largest absolute Gasteiger partial charge is 0.472 e. The normalized spacial score (nSPS) is 14.7. The summed E-state index contributed by atoms with van der Waals surface area (Å²) in [6.07, 6.45) is 60.9. The van der Waals surface area contributed by atoms with Crippen molar-refractivity contribution in [2.75, 3.05) is 33.0 Å². The van der Waals surface area contributed by atoms with Crippen molar-refractivity contribution in [1.29, 1.82) is 0 Å². The van der Waals surface area contributed by atoms with Crippen molar-refractivity contribution in [3.8, 4) is 0 Å². The predicted octanol–water partition coefficient (Wildman–Crippen LogP) is 14.0. The van der Waals surface area contributed by atoms with Gasteiger partial charge in [-0.25, -0.2) is 4.57 Å². The zero-order valence-electron chi connectivity index (χ0n) is 39.1. The summed E-state index contributed by atoms with van der Waals surface area (Å²) in [6, 6.07) is 0. The zero-order valence-corrected chi connectivity index (χ0v) is 39.9. The van der Waals surface area contributed by atoms with E-state index < -0.39 is 45.8 Å². The Balaban J connectivity index is 4.24. The summed E-state index contributed by atoms with van der Waals surface area (Å²) < 4.78 is 33.4. The molecule has 0 heterocycles. The molecule has 3 unspecified atom stereocenters. The lowest BCUT2D eigenvalue weighted by molar-refractivity contribution is -0.154. The van der Waals surface area contributed by atoms with Gasteiger partial charge in [0.25, 0.3) is 0 Å². The standard InChI is InChI=1S/C52H89O9P/c1-3-5-7-9-11-13-15-17-19-21-23-25-26-28-30-32-34-36-38-40-42-44-52(55)61-51(49-60-62(56,57)59-47-50(54)46-53)48-58-45-43-41-39-37-35-33-31-29-27-24-22-20-18-16-14-12-10-8-6-4-2/h6,8,12,14-15,17-18,20-21,23-24,27,31,33,37,39,50-51,53-54H,3-5,7,9-11,13,16,19,22,25-26,28-30,32,34-36,38,40-49H2,1-2H3,(H,56,57)/b8-6-,14-12-,17-15-,20-18-,23-21-,27-24-,33-31-,39-37-. The predicted molar refractivity (Wildman–Crippen MR) is 260 cm³/mol. The van der Waals surface area contributed by atoms with E-state index >= 15 is 0 Å². The molecule has 0 amide bonds. The van der Waals surface area contributed by atoms with Gasteiger partial charge in [-0.15, -0.1) is 0 Å². The average molecular weight is 889 g/mol. The Bertz CT molecular complexity index is 1280. The van der Waals surface area contributed by atoms with Crippen LogP contribution in [0.15, 0.2) is 97.2 Å². The first-order valence-electron chi connectivity index (χ1n) is 24.2. The highest BCUT2D eigenvalue weighted by molar-refractivity contribution is 7.47. The highest BCUT2D eigenvalue weighted by atomic mass is 31.2. The van der Waals surface area contributed by atoms with Gasteiger partial charge in [0.05, 0.1) is 26.4 Å². The van der Waals surface area contributed by atoms with Gasteiger partial charge in [-0.05, 0) is 89.9 Å². The monoisotopic (exact) mass is 889 g/mol. The quantitative estimate of drug-likeness (QED) is 0.0237. The molecule has 3 atom stereocenters. The van der Waals surface area contributed by atoms with Crippen molar-refractivity contribution in [2.24, 2.45) is 0 Å². The van der Waals surface area contributed by atoms with Crippen molar-refractivity contribution < 1.29 is 43.0 Å². The molecular weight excluding hydrogens is 800 g/mol. The van der Waals surface area contributed by atoms with Crippen LogP contribution in [0.3, 0.4) is 0 Å². The van der Waals surface area contributed by atoms with E-state index in [1.807, 2.05) is 0 Å². The Labute approximate surface area is 378 Å². The van der Waals surface area contributed by atoms with Crippen LogP contribution in [0, 0.1) is 0 Å². The van der Waals surface area contributed by atoms with E-state index in [-0.39, 0.29) is 13.0 Å². The van der Waals surface area contributed by atoms with E-state index in [4.69, 9.17) is 23.6 Å². The highest BCUT2D eigenvalue weighted by Crippen LogP contribution is 2.43. The van der Waals surface area contributed by atoms with Crippen LogP contribution in [0.1, 0.15) is 181 Å². The van der Waals surface area contributed by atoms with Crippen LogP contribution in [-0.4, -0.2) is 66.3 Å². The maximum absolute atomic E-state index is 12.7. The van der Waals surface area contributed by atoms with Crippen LogP contribution in [0.25, 0.3) is 0 Å². The Morgan fingerprint density at radius 3 is 1.39 bits per heavy atom. The minimum atomic E-state index is -4.55. The van der Waals surface area contributed by atoms with Crippen LogP contribution < -0.4 is 0 Å². The van der Waals surface area contributed by atoms with Gasteiger partial charge < -0.3 is 24.6 Å². The SMILES string of the molecule is CC/C=C\C/C=C\C/C=C\C/C=C\C/C=C\C/C=C\CCCOCC(COP(=O)(O)OCC(O)CO)OC(=O)CCCCCCCCCCC/C=C\C/C=C\CCCCCCC. The molecule has 0 aromatic carbocycles. The van der Waals surface area contributed by atoms with Crippen LogP contribution in [0.2, 0.25) is 0 Å². The van der Waals surface area contributed by atoms with E-state index in [0.717, 1.165) is 83.5 Å². The molecule has 3 N–H and O–H groups in total. The number of hydrogen-bond donors (Lipinski definition) is 3. The van der Waals surface area contributed by atoms with Crippen LogP contribution in [0.5, 0.6) is 0 Å². The van der Waals surface area contributed by atoms with Crippen LogP contribution in [0.4, 0.5) is 0 Å². The molecule has 62 heavy (non-hydrogen) atoms. The summed E-state index contributed by atoms with van der Waals surface area (Å²) in [5.74, 6) is -0.410. The summed E-state index contributed by atoms with van der Waals surface area (Å²) in [7, 11) is -4.55. The third kappa shape index (κ3) is 46.9. The topological polar surface area (TPSA) is 132 Å².